The number of allylic oxidation sites excluding steroid dienone is 2. The second-order valence-electron chi connectivity index (χ2n) is 5.42. The molecule has 1 heterocycles. The largest absolute Gasteiger partial charge is 0.327 e. The average Bonchev–Trinajstić information content (AvgIpc) is 2.59. The summed E-state index contributed by atoms with van der Waals surface area (Å²) in [4.78, 5) is 26.8. The van der Waals surface area contributed by atoms with Crippen molar-refractivity contribution in [3.8, 4) is 0 Å². The molecule has 0 aliphatic carbocycles. The molecule has 0 aliphatic heterocycles. The summed E-state index contributed by atoms with van der Waals surface area (Å²) < 4.78 is 0. The van der Waals surface area contributed by atoms with E-state index in [0.717, 1.165) is 12.8 Å². The number of anilines is 1. The Morgan fingerprint density at radius 2 is 1.96 bits per heavy atom. The molecule has 0 unspecified atom stereocenters. The summed E-state index contributed by atoms with van der Waals surface area (Å²) in [5.74, 6) is -0.336. The normalized spacial score (nSPS) is 11.2. The van der Waals surface area contributed by atoms with Gasteiger partial charge < -0.3 is 15.7 Å². The summed E-state index contributed by atoms with van der Waals surface area (Å²) >= 11 is 0. The first-order valence-corrected chi connectivity index (χ1v) is 7.89. The number of benzene rings is 1. The van der Waals surface area contributed by atoms with Crippen molar-refractivity contribution in [3.05, 3.63) is 69.6 Å². The molecule has 0 saturated carbocycles. The topological polar surface area (TPSA) is 85.8 Å². The summed E-state index contributed by atoms with van der Waals surface area (Å²) in [5.41, 5.74) is 2.79. The zero-order chi connectivity index (χ0) is 17.5. The van der Waals surface area contributed by atoms with Crippen molar-refractivity contribution < 1.29 is 4.79 Å². The van der Waals surface area contributed by atoms with E-state index >= 15 is 0 Å². The highest BCUT2D eigenvalue weighted by Gasteiger charge is 2.10. The van der Waals surface area contributed by atoms with Crippen LogP contribution in [0.25, 0.3) is 5.57 Å². The van der Waals surface area contributed by atoms with Crippen LogP contribution in [-0.4, -0.2) is 17.1 Å². The fourth-order valence-corrected chi connectivity index (χ4v) is 2.38. The van der Waals surface area contributed by atoms with Crippen molar-refractivity contribution in [1.82, 2.24) is 4.98 Å². The Hall–Kier alpha value is -2.95. The van der Waals surface area contributed by atoms with E-state index in [4.69, 9.17) is 5.41 Å². The van der Waals surface area contributed by atoms with Crippen LogP contribution >= 0.6 is 0 Å². The number of carbonyl (C=O) groups excluding carboxylic acids is 1. The molecule has 0 fully saturated rings. The number of hydrogen-bond acceptors (Lipinski definition) is 3. The molecule has 0 atom stereocenters. The molecule has 1 aromatic carbocycles. The highest BCUT2D eigenvalue weighted by atomic mass is 16.2. The minimum absolute atomic E-state index is 0.163. The van der Waals surface area contributed by atoms with E-state index in [1.807, 2.05) is 19.1 Å². The second kappa shape index (κ2) is 8.06. The number of amides is 1. The molecule has 0 spiro atoms. The van der Waals surface area contributed by atoms with Crippen molar-refractivity contribution in [2.45, 2.75) is 26.7 Å². The van der Waals surface area contributed by atoms with Crippen LogP contribution in [0, 0.1) is 5.41 Å². The Labute approximate surface area is 140 Å². The van der Waals surface area contributed by atoms with E-state index in [-0.39, 0.29) is 17.2 Å². The molecular formula is C19H21N3O2. The van der Waals surface area contributed by atoms with Crippen molar-refractivity contribution in [2.24, 2.45) is 0 Å². The van der Waals surface area contributed by atoms with Crippen LogP contribution in [0.4, 0.5) is 5.69 Å². The van der Waals surface area contributed by atoms with Gasteiger partial charge in [0.05, 0.1) is 0 Å². The van der Waals surface area contributed by atoms with Crippen LogP contribution in [0.5, 0.6) is 0 Å². The fraction of sp³-hybridized carbons (Fsp3) is 0.211. The SMILES string of the molecule is C/C=C(\C=N)c1c[nH]c(=O)c(NC(=O)c2ccc(CCC)cc2)c1. The molecule has 3 N–H and O–H groups in total. The van der Waals surface area contributed by atoms with Crippen LogP contribution in [0.2, 0.25) is 0 Å². The van der Waals surface area contributed by atoms with Gasteiger partial charge in [-0.25, -0.2) is 0 Å². The van der Waals surface area contributed by atoms with E-state index in [2.05, 4.69) is 17.2 Å². The first-order valence-electron chi connectivity index (χ1n) is 7.89. The molecule has 2 aromatic rings. The van der Waals surface area contributed by atoms with Crippen molar-refractivity contribution in [1.29, 1.82) is 5.41 Å². The maximum atomic E-state index is 12.3. The zero-order valence-electron chi connectivity index (χ0n) is 13.8. The van der Waals surface area contributed by atoms with Crippen LogP contribution in [0.3, 0.4) is 0 Å². The molecule has 1 aromatic heterocycles. The molecule has 0 bridgehead atoms. The predicted molar refractivity (Wildman–Crippen MR) is 97.9 cm³/mol. The number of nitrogens with one attached hydrogen (secondary N) is 3. The van der Waals surface area contributed by atoms with E-state index in [9.17, 15) is 9.59 Å². The zero-order valence-corrected chi connectivity index (χ0v) is 13.8. The molecule has 0 aliphatic rings. The average molecular weight is 323 g/mol. The van der Waals surface area contributed by atoms with Crippen LogP contribution < -0.4 is 10.9 Å². The lowest BCUT2D eigenvalue weighted by Crippen LogP contribution is -2.20. The second-order valence-corrected chi connectivity index (χ2v) is 5.42. The van der Waals surface area contributed by atoms with Gasteiger partial charge in [0.2, 0.25) is 0 Å². The molecular weight excluding hydrogens is 302 g/mol. The number of aromatic nitrogens is 1. The van der Waals surface area contributed by atoms with Gasteiger partial charge in [-0.3, -0.25) is 9.59 Å². The first kappa shape index (κ1) is 17.4. The van der Waals surface area contributed by atoms with Crippen molar-refractivity contribution in [3.63, 3.8) is 0 Å². The summed E-state index contributed by atoms with van der Waals surface area (Å²) in [6.45, 7) is 3.91. The van der Waals surface area contributed by atoms with Crippen LogP contribution in [0.1, 0.15) is 41.8 Å². The Balaban J connectivity index is 2.23. The monoisotopic (exact) mass is 323 g/mol. The number of H-pyrrole nitrogens is 1. The van der Waals surface area contributed by atoms with Gasteiger partial charge in [-0.2, -0.15) is 0 Å². The molecule has 0 radical (unpaired) electrons. The standard InChI is InChI=1S/C19H21N3O2/c1-3-5-13-6-8-15(9-7-13)18(23)22-17-10-16(12-21-19(17)24)14(4-2)11-20/h4,6-12,20H,3,5H2,1-2H3,(H,21,24)(H,22,23)/b14-4+,20-11?. The maximum absolute atomic E-state index is 12.3. The van der Waals surface area contributed by atoms with Crippen LogP contribution in [0.15, 0.2) is 47.4 Å². The Morgan fingerprint density at radius 3 is 2.54 bits per heavy atom. The minimum Gasteiger partial charge on any atom is -0.327 e. The molecule has 5 nitrogen and oxygen atoms in total. The maximum Gasteiger partial charge on any atom is 0.271 e. The number of aromatic amines is 1. The van der Waals surface area contributed by atoms with Gasteiger partial charge in [0, 0.05) is 23.5 Å². The molecule has 1 amide bonds. The molecule has 2 rings (SSSR count). The lowest BCUT2D eigenvalue weighted by molar-refractivity contribution is 0.102. The van der Waals surface area contributed by atoms with Gasteiger partial charge in [0.25, 0.3) is 11.5 Å². The Morgan fingerprint density at radius 1 is 1.25 bits per heavy atom. The van der Waals surface area contributed by atoms with Crippen molar-refractivity contribution >= 4 is 23.4 Å². The summed E-state index contributed by atoms with van der Waals surface area (Å²) in [6.07, 6.45) is 6.51. The molecule has 24 heavy (non-hydrogen) atoms. The fourth-order valence-electron chi connectivity index (χ4n) is 2.38. The Bertz CT molecular complexity index is 817. The third-order valence-electron chi connectivity index (χ3n) is 3.71. The van der Waals surface area contributed by atoms with Gasteiger partial charge in [-0.1, -0.05) is 31.6 Å². The third-order valence-corrected chi connectivity index (χ3v) is 3.71. The van der Waals surface area contributed by atoms with Gasteiger partial charge in [0.15, 0.2) is 0 Å². The quantitative estimate of drug-likeness (QED) is 0.709. The van der Waals surface area contributed by atoms with E-state index in [0.29, 0.717) is 16.7 Å². The molecule has 0 saturated heterocycles. The number of pyridine rings is 1. The predicted octanol–water partition coefficient (Wildman–Crippen LogP) is 3.63. The van der Waals surface area contributed by atoms with Crippen LogP contribution in [-0.2, 0) is 6.42 Å². The summed E-state index contributed by atoms with van der Waals surface area (Å²) in [7, 11) is 0. The first-order chi connectivity index (χ1) is 11.6. The van der Waals surface area contributed by atoms with Gasteiger partial charge in [-0.05, 0) is 42.7 Å². The Kier molecular flexibility index (Phi) is 5.84. The summed E-state index contributed by atoms with van der Waals surface area (Å²) in [6, 6.07) is 8.93. The van der Waals surface area contributed by atoms with Gasteiger partial charge in [0.1, 0.15) is 5.69 Å². The third kappa shape index (κ3) is 4.07. The minimum atomic E-state index is -0.380. The number of hydrogen-bond donors (Lipinski definition) is 3. The highest BCUT2D eigenvalue weighted by molar-refractivity contribution is 6.09. The number of rotatable bonds is 6. The smallest absolute Gasteiger partial charge is 0.271 e. The highest BCUT2D eigenvalue weighted by Crippen LogP contribution is 2.14. The lowest BCUT2D eigenvalue weighted by Gasteiger charge is -2.08. The van der Waals surface area contributed by atoms with Gasteiger partial charge >= 0.3 is 0 Å². The van der Waals surface area contributed by atoms with E-state index in [1.54, 1.807) is 24.3 Å². The van der Waals surface area contributed by atoms with Crippen molar-refractivity contribution in [2.75, 3.05) is 5.32 Å². The van der Waals surface area contributed by atoms with Gasteiger partial charge in [-0.15, -0.1) is 0 Å². The summed E-state index contributed by atoms with van der Waals surface area (Å²) in [5, 5.41) is 10.0. The van der Waals surface area contributed by atoms with E-state index in [1.165, 1.54) is 18.0 Å². The lowest BCUT2D eigenvalue weighted by atomic mass is 10.1. The molecule has 124 valence electrons. The number of carbonyl (C=O) groups is 1. The number of aryl methyl sites for hydroxylation is 1. The molecule has 5 heteroatoms. The van der Waals surface area contributed by atoms with E-state index < -0.39 is 0 Å².